The molecule has 1 fully saturated rings. The molecule has 25 heavy (non-hydrogen) atoms. The zero-order valence-electron chi connectivity index (χ0n) is 14.5. The van der Waals surface area contributed by atoms with Crippen molar-refractivity contribution in [2.24, 2.45) is 23.7 Å². The normalized spacial score (nSPS) is 26.6. The number of allylic oxidation sites excluding steroid dienone is 2. The highest BCUT2D eigenvalue weighted by atomic mass is 16.5. The topological polar surface area (TPSA) is 75.6 Å². The summed E-state index contributed by atoms with van der Waals surface area (Å²) in [5, 5.41) is 12.3. The quantitative estimate of drug-likeness (QED) is 0.557. The highest BCUT2D eigenvalue weighted by molar-refractivity contribution is 5.96. The lowest BCUT2D eigenvalue weighted by atomic mass is 9.82. The molecule has 2 N–H and O–H groups in total. The van der Waals surface area contributed by atoms with Gasteiger partial charge in [-0.05, 0) is 48.9 Å². The average Bonchev–Trinajstić information content (AvgIpc) is 3.21. The molecule has 0 spiro atoms. The van der Waals surface area contributed by atoms with Crippen molar-refractivity contribution in [3.8, 4) is 5.75 Å². The summed E-state index contributed by atoms with van der Waals surface area (Å²) in [6, 6.07) is 7.26. The maximum Gasteiger partial charge on any atom is 0.307 e. The van der Waals surface area contributed by atoms with Crippen LogP contribution in [-0.4, -0.2) is 23.6 Å². The Hall–Kier alpha value is -2.30. The van der Waals surface area contributed by atoms with E-state index in [1.165, 1.54) is 0 Å². The Labute approximate surface area is 148 Å². The standard InChI is InChI=1S/C20H25NO4/c1-2-3-4-11-25-16-9-7-15(8-10-16)21-19(22)17-13-5-6-14(12-13)18(17)20(23)24/h5-10,13-14,17-18H,2-4,11-12H2,1H3,(H,21,22)(H,23,24)/t13?,14?,17-,18+/m1/s1. The van der Waals surface area contributed by atoms with Crippen LogP contribution in [0.15, 0.2) is 36.4 Å². The summed E-state index contributed by atoms with van der Waals surface area (Å²) in [7, 11) is 0. The third-order valence-electron chi connectivity index (χ3n) is 5.19. The molecule has 2 aliphatic carbocycles. The Balaban J connectivity index is 1.58. The lowest BCUT2D eigenvalue weighted by Crippen LogP contribution is -2.36. The number of rotatable bonds is 8. The summed E-state index contributed by atoms with van der Waals surface area (Å²) < 4.78 is 5.66. The van der Waals surface area contributed by atoms with Crippen LogP contribution in [0.25, 0.3) is 0 Å². The van der Waals surface area contributed by atoms with E-state index in [-0.39, 0.29) is 17.7 Å². The molecule has 2 bridgehead atoms. The number of carbonyl (C=O) groups is 2. The molecule has 2 unspecified atom stereocenters. The van der Waals surface area contributed by atoms with Crippen molar-refractivity contribution in [3.63, 3.8) is 0 Å². The van der Waals surface area contributed by atoms with E-state index in [0.717, 1.165) is 31.4 Å². The largest absolute Gasteiger partial charge is 0.494 e. The van der Waals surface area contributed by atoms with Crippen LogP contribution in [0, 0.1) is 23.7 Å². The van der Waals surface area contributed by atoms with Crippen LogP contribution in [0.2, 0.25) is 0 Å². The number of anilines is 1. The van der Waals surface area contributed by atoms with Crippen LogP contribution in [0.1, 0.15) is 32.6 Å². The zero-order chi connectivity index (χ0) is 17.8. The van der Waals surface area contributed by atoms with E-state index in [1.54, 1.807) is 12.1 Å². The molecule has 0 radical (unpaired) electrons. The molecular weight excluding hydrogens is 318 g/mol. The fraction of sp³-hybridized carbons (Fsp3) is 0.500. The molecule has 5 nitrogen and oxygen atoms in total. The molecule has 1 saturated carbocycles. The van der Waals surface area contributed by atoms with Crippen molar-refractivity contribution in [2.75, 3.05) is 11.9 Å². The smallest absolute Gasteiger partial charge is 0.307 e. The van der Waals surface area contributed by atoms with E-state index in [1.807, 2.05) is 24.3 Å². The number of unbranched alkanes of at least 4 members (excludes halogenated alkanes) is 2. The van der Waals surface area contributed by atoms with Gasteiger partial charge >= 0.3 is 5.97 Å². The molecule has 1 amide bonds. The Kier molecular flexibility index (Phi) is 5.41. The van der Waals surface area contributed by atoms with Crippen molar-refractivity contribution in [1.29, 1.82) is 0 Å². The molecule has 1 aromatic carbocycles. The Morgan fingerprint density at radius 2 is 1.80 bits per heavy atom. The second-order valence-corrected chi connectivity index (χ2v) is 6.91. The number of carboxylic acids is 1. The number of carboxylic acid groups (broad SMARTS) is 1. The summed E-state index contributed by atoms with van der Waals surface area (Å²) in [4.78, 5) is 24.1. The van der Waals surface area contributed by atoms with Crippen LogP contribution in [-0.2, 0) is 9.59 Å². The van der Waals surface area contributed by atoms with Crippen molar-refractivity contribution in [1.82, 2.24) is 0 Å². The van der Waals surface area contributed by atoms with Crippen molar-refractivity contribution >= 4 is 17.6 Å². The molecule has 134 valence electrons. The molecule has 0 aliphatic heterocycles. The fourth-order valence-electron chi connectivity index (χ4n) is 3.92. The van der Waals surface area contributed by atoms with E-state index < -0.39 is 17.8 Å². The molecule has 3 rings (SSSR count). The molecule has 1 aromatic rings. The van der Waals surface area contributed by atoms with E-state index in [4.69, 9.17) is 4.74 Å². The third kappa shape index (κ3) is 3.86. The molecule has 2 aliphatic rings. The number of hydrogen-bond donors (Lipinski definition) is 2. The first-order chi connectivity index (χ1) is 12.1. The van der Waals surface area contributed by atoms with Gasteiger partial charge in [-0.15, -0.1) is 0 Å². The Morgan fingerprint density at radius 1 is 1.12 bits per heavy atom. The zero-order valence-corrected chi connectivity index (χ0v) is 14.5. The maximum atomic E-state index is 12.6. The van der Waals surface area contributed by atoms with Crippen LogP contribution >= 0.6 is 0 Å². The van der Waals surface area contributed by atoms with Crippen molar-refractivity contribution < 1.29 is 19.4 Å². The number of ether oxygens (including phenoxy) is 1. The van der Waals surface area contributed by atoms with Gasteiger partial charge in [0.1, 0.15) is 5.75 Å². The summed E-state index contributed by atoms with van der Waals surface area (Å²) in [6.07, 6.45) is 8.03. The molecule has 0 heterocycles. The first kappa shape index (κ1) is 17.5. The number of fused-ring (bicyclic) bond motifs is 2. The van der Waals surface area contributed by atoms with Gasteiger partial charge in [0.2, 0.25) is 5.91 Å². The van der Waals surface area contributed by atoms with Gasteiger partial charge in [0.25, 0.3) is 0 Å². The minimum atomic E-state index is -0.882. The first-order valence-electron chi connectivity index (χ1n) is 9.05. The van der Waals surface area contributed by atoms with Gasteiger partial charge in [0.15, 0.2) is 0 Å². The summed E-state index contributed by atoms with van der Waals surface area (Å²) >= 11 is 0. The summed E-state index contributed by atoms with van der Waals surface area (Å²) in [6.45, 7) is 2.84. The van der Waals surface area contributed by atoms with Crippen LogP contribution in [0.3, 0.4) is 0 Å². The highest BCUT2D eigenvalue weighted by Gasteiger charge is 2.51. The number of aliphatic carboxylic acids is 1. The lowest BCUT2D eigenvalue weighted by molar-refractivity contribution is -0.146. The first-order valence-corrected chi connectivity index (χ1v) is 9.05. The van der Waals surface area contributed by atoms with Gasteiger partial charge in [-0.2, -0.15) is 0 Å². The van der Waals surface area contributed by atoms with Crippen molar-refractivity contribution in [2.45, 2.75) is 32.6 Å². The fourth-order valence-corrected chi connectivity index (χ4v) is 3.92. The van der Waals surface area contributed by atoms with Gasteiger partial charge < -0.3 is 15.2 Å². The van der Waals surface area contributed by atoms with E-state index in [9.17, 15) is 14.7 Å². The van der Waals surface area contributed by atoms with Crippen molar-refractivity contribution in [3.05, 3.63) is 36.4 Å². The van der Waals surface area contributed by atoms with E-state index in [0.29, 0.717) is 12.3 Å². The molecule has 0 aromatic heterocycles. The molecule has 4 atom stereocenters. The van der Waals surface area contributed by atoms with Gasteiger partial charge in [0.05, 0.1) is 18.4 Å². The van der Waals surface area contributed by atoms with Crippen LogP contribution in [0.5, 0.6) is 5.75 Å². The number of amides is 1. The predicted octanol–water partition coefficient (Wildman–Crippen LogP) is 3.72. The van der Waals surface area contributed by atoms with Crippen LogP contribution in [0.4, 0.5) is 5.69 Å². The second-order valence-electron chi connectivity index (χ2n) is 6.91. The average molecular weight is 343 g/mol. The summed E-state index contributed by atoms with van der Waals surface area (Å²) in [5.74, 6) is -1.40. The van der Waals surface area contributed by atoms with Gasteiger partial charge in [0, 0.05) is 5.69 Å². The second kappa shape index (κ2) is 7.72. The summed E-state index contributed by atoms with van der Waals surface area (Å²) in [5.41, 5.74) is 0.668. The van der Waals surface area contributed by atoms with E-state index >= 15 is 0 Å². The van der Waals surface area contributed by atoms with E-state index in [2.05, 4.69) is 12.2 Å². The number of carbonyl (C=O) groups excluding carboxylic acids is 1. The SMILES string of the molecule is CCCCCOc1ccc(NC(=O)[C@@H]2C3C=CC(C3)[C@@H]2C(=O)O)cc1. The van der Waals surface area contributed by atoms with Gasteiger partial charge in [-0.1, -0.05) is 31.9 Å². The minimum absolute atomic E-state index is 0.0165. The third-order valence-corrected chi connectivity index (χ3v) is 5.19. The Morgan fingerprint density at radius 3 is 2.44 bits per heavy atom. The Bertz CT molecular complexity index is 652. The number of nitrogens with one attached hydrogen (secondary N) is 1. The van der Waals surface area contributed by atoms with Gasteiger partial charge in [-0.25, -0.2) is 0 Å². The monoisotopic (exact) mass is 343 g/mol. The van der Waals surface area contributed by atoms with Gasteiger partial charge in [-0.3, -0.25) is 9.59 Å². The molecule has 5 heteroatoms. The maximum absolute atomic E-state index is 12.6. The number of benzene rings is 1. The molecule has 0 saturated heterocycles. The highest BCUT2D eigenvalue weighted by Crippen LogP contribution is 2.48. The molecular formula is C20H25NO4. The lowest BCUT2D eigenvalue weighted by Gasteiger charge is -2.23. The predicted molar refractivity (Wildman–Crippen MR) is 95.4 cm³/mol. The number of hydrogen-bond acceptors (Lipinski definition) is 3. The minimum Gasteiger partial charge on any atom is -0.494 e. The van der Waals surface area contributed by atoms with Crippen LogP contribution < -0.4 is 10.1 Å².